The molecule has 3 N–H and O–H groups in total. The summed E-state index contributed by atoms with van der Waals surface area (Å²) in [5.41, 5.74) is 3.13. The summed E-state index contributed by atoms with van der Waals surface area (Å²) >= 11 is 0. The van der Waals surface area contributed by atoms with Crippen molar-refractivity contribution in [3.63, 3.8) is 0 Å². The van der Waals surface area contributed by atoms with E-state index >= 15 is 0 Å². The van der Waals surface area contributed by atoms with Crippen LogP contribution in [0.1, 0.15) is 40.4 Å². The van der Waals surface area contributed by atoms with Gasteiger partial charge in [-0.3, -0.25) is 24.6 Å². The number of carbonyl (C=O) groups excluding carboxylic acids is 3. The fourth-order valence-corrected chi connectivity index (χ4v) is 4.16. The molecule has 10 heteroatoms. The number of amides is 3. The van der Waals surface area contributed by atoms with E-state index in [1.165, 1.54) is 11.6 Å². The lowest BCUT2D eigenvalue weighted by atomic mass is 10.1. The van der Waals surface area contributed by atoms with Gasteiger partial charge >= 0.3 is 0 Å². The molecule has 4 rings (SSSR count). The molecule has 2 aromatic rings. The molecule has 0 spiro atoms. The summed E-state index contributed by atoms with van der Waals surface area (Å²) in [7, 11) is 0. The minimum Gasteiger partial charge on any atom is -0.381 e. The average Bonchev–Trinajstić information content (AvgIpc) is 3.19. The van der Waals surface area contributed by atoms with Crippen LogP contribution < -0.4 is 10.6 Å². The highest BCUT2D eigenvalue weighted by Gasteiger charge is 2.37. The zero-order valence-electron chi connectivity index (χ0n) is 19.6. The summed E-state index contributed by atoms with van der Waals surface area (Å²) in [6, 6.07) is 10.5. The van der Waals surface area contributed by atoms with Crippen LogP contribution in [-0.2, 0) is 34.0 Å². The Morgan fingerprint density at radius 3 is 2.51 bits per heavy atom. The normalized spacial score (nSPS) is 16.7. The van der Waals surface area contributed by atoms with Crippen LogP contribution in [0.2, 0.25) is 0 Å². The van der Waals surface area contributed by atoms with Crippen LogP contribution in [0.4, 0.5) is 10.1 Å². The van der Waals surface area contributed by atoms with E-state index in [2.05, 4.69) is 22.3 Å². The molecule has 0 aliphatic carbocycles. The number of anilines is 1. The number of morpholine rings is 1. The zero-order valence-corrected chi connectivity index (χ0v) is 19.6. The maximum atomic E-state index is 14.3. The first kappa shape index (κ1) is 24.8. The molecule has 2 aliphatic heterocycles. The van der Waals surface area contributed by atoms with Crippen LogP contribution in [0.5, 0.6) is 0 Å². The third-order valence-corrected chi connectivity index (χ3v) is 6.16. The maximum Gasteiger partial charge on any atom is 0.276 e. The molecule has 0 aromatic heterocycles. The van der Waals surface area contributed by atoms with E-state index in [4.69, 9.17) is 4.74 Å². The molecule has 186 valence electrons. The second-order valence-corrected chi connectivity index (χ2v) is 8.61. The molecule has 35 heavy (non-hydrogen) atoms. The van der Waals surface area contributed by atoms with Gasteiger partial charge in [0.25, 0.3) is 11.8 Å². The average molecular weight is 485 g/mol. The molecule has 0 bridgehead atoms. The molecular weight excluding hydrogens is 455 g/mol. The van der Waals surface area contributed by atoms with Crippen LogP contribution in [0, 0.1) is 5.82 Å². The highest BCUT2D eigenvalue weighted by Crippen LogP contribution is 2.32. The molecule has 1 fully saturated rings. The smallest absolute Gasteiger partial charge is 0.276 e. The molecule has 0 radical (unpaired) electrons. The SMILES string of the molecule is CCC(=O)NC(=O)C(O)N1Cc2c(NCc3ccc(CN4CCOCC4)cc3)cc(F)cc2C1=O. The van der Waals surface area contributed by atoms with Gasteiger partial charge in [0.2, 0.25) is 12.1 Å². The van der Waals surface area contributed by atoms with E-state index in [1.54, 1.807) is 6.92 Å². The number of hydrogen-bond donors (Lipinski definition) is 3. The summed E-state index contributed by atoms with van der Waals surface area (Å²) in [4.78, 5) is 39.6. The number of nitrogens with zero attached hydrogens (tertiary/aromatic N) is 2. The van der Waals surface area contributed by atoms with Crippen molar-refractivity contribution in [2.24, 2.45) is 0 Å². The highest BCUT2D eigenvalue weighted by molar-refractivity contribution is 6.04. The van der Waals surface area contributed by atoms with Crippen molar-refractivity contribution in [3.8, 4) is 0 Å². The number of imide groups is 1. The molecule has 9 nitrogen and oxygen atoms in total. The molecule has 2 aliphatic rings. The van der Waals surface area contributed by atoms with Gasteiger partial charge in [0.05, 0.1) is 19.8 Å². The lowest BCUT2D eigenvalue weighted by Gasteiger charge is -2.26. The summed E-state index contributed by atoms with van der Waals surface area (Å²) in [6.45, 7) is 6.04. The first-order valence-electron chi connectivity index (χ1n) is 11.6. The van der Waals surface area contributed by atoms with Gasteiger partial charge < -0.3 is 20.1 Å². The van der Waals surface area contributed by atoms with Crippen molar-refractivity contribution in [3.05, 3.63) is 64.5 Å². The topological polar surface area (TPSA) is 111 Å². The Morgan fingerprint density at radius 1 is 1.14 bits per heavy atom. The monoisotopic (exact) mass is 484 g/mol. The van der Waals surface area contributed by atoms with Gasteiger partial charge in [0.1, 0.15) is 5.82 Å². The van der Waals surface area contributed by atoms with E-state index in [0.717, 1.165) is 49.4 Å². The summed E-state index contributed by atoms with van der Waals surface area (Å²) < 4.78 is 19.7. The van der Waals surface area contributed by atoms with Gasteiger partial charge in [0.15, 0.2) is 0 Å². The number of nitrogens with one attached hydrogen (secondary N) is 2. The summed E-state index contributed by atoms with van der Waals surface area (Å²) in [5, 5.41) is 15.5. The Labute approximate surface area is 202 Å². The zero-order chi connectivity index (χ0) is 24.9. The van der Waals surface area contributed by atoms with Crippen LogP contribution in [-0.4, -0.2) is 65.2 Å². The summed E-state index contributed by atoms with van der Waals surface area (Å²) in [6.07, 6.45) is -1.81. The molecule has 1 unspecified atom stereocenters. The van der Waals surface area contributed by atoms with Gasteiger partial charge in [-0.15, -0.1) is 0 Å². The van der Waals surface area contributed by atoms with E-state index in [0.29, 0.717) is 17.8 Å². The number of ether oxygens (including phenoxy) is 1. The van der Waals surface area contributed by atoms with E-state index < -0.39 is 29.8 Å². The number of rotatable bonds is 8. The quantitative estimate of drug-likeness (QED) is 0.522. The largest absolute Gasteiger partial charge is 0.381 e. The second kappa shape index (κ2) is 10.9. The maximum absolute atomic E-state index is 14.3. The predicted octanol–water partition coefficient (Wildman–Crippen LogP) is 1.60. The lowest BCUT2D eigenvalue weighted by molar-refractivity contribution is -0.141. The van der Waals surface area contributed by atoms with Gasteiger partial charge in [-0.2, -0.15) is 0 Å². The second-order valence-electron chi connectivity index (χ2n) is 8.61. The number of aliphatic hydroxyl groups is 1. The van der Waals surface area contributed by atoms with Crippen LogP contribution >= 0.6 is 0 Å². The van der Waals surface area contributed by atoms with Crippen LogP contribution in [0.25, 0.3) is 0 Å². The van der Waals surface area contributed by atoms with Gasteiger partial charge in [-0.05, 0) is 23.3 Å². The minimum absolute atomic E-state index is 0.0557. The Morgan fingerprint density at radius 2 is 1.83 bits per heavy atom. The Hall–Kier alpha value is -3.34. The van der Waals surface area contributed by atoms with E-state index in [1.807, 2.05) is 17.4 Å². The first-order chi connectivity index (χ1) is 16.9. The Bertz CT molecular complexity index is 1100. The highest BCUT2D eigenvalue weighted by atomic mass is 19.1. The fraction of sp³-hybridized carbons (Fsp3) is 0.400. The van der Waals surface area contributed by atoms with Crippen LogP contribution in [0.15, 0.2) is 36.4 Å². The van der Waals surface area contributed by atoms with Crippen molar-refractivity contribution in [2.45, 2.75) is 39.2 Å². The lowest BCUT2D eigenvalue weighted by Crippen LogP contribution is -2.48. The van der Waals surface area contributed by atoms with Gasteiger partial charge in [-0.25, -0.2) is 4.39 Å². The van der Waals surface area contributed by atoms with Crippen molar-refractivity contribution in [2.75, 3.05) is 31.6 Å². The molecule has 0 saturated carbocycles. The molecule has 2 heterocycles. The fourth-order valence-electron chi connectivity index (χ4n) is 4.16. The first-order valence-corrected chi connectivity index (χ1v) is 11.6. The standard InChI is InChI=1S/C25H29FN4O5/c1-2-22(31)28-23(32)25(34)30-15-20-19(24(30)33)11-18(26)12-21(20)27-13-16-3-5-17(6-4-16)14-29-7-9-35-10-8-29/h3-6,11-12,25,27,34H,2,7-10,13-15H2,1H3,(H,28,31,32). The number of hydrogen-bond acceptors (Lipinski definition) is 7. The minimum atomic E-state index is -1.86. The number of benzene rings is 2. The van der Waals surface area contributed by atoms with Crippen LogP contribution in [0.3, 0.4) is 0 Å². The van der Waals surface area contributed by atoms with Gasteiger partial charge in [-0.1, -0.05) is 31.2 Å². The van der Waals surface area contributed by atoms with E-state index in [-0.39, 0.29) is 18.5 Å². The third kappa shape index (κ3) is 5.84. The van der Waals surface area contributed by atoms with E-state index in [9.17, 15) is 23.9 Å². The van der Waals surface area contributed by atoms with Crippen molar-refractivity contribution in [1.29, 1.82) is 0 Å². The number of halogens is 1. The van der Waals surface area contributed by atoms with Gasteiger partial charge in [0, 0.05) is 49.4 Å². The third-order valence-electron chi connectivity index (χ3n) is 6.16. The molecular formula is C25H29FN4O5. The van der Waals surface area contributed by atoms with Crippen molar-refractivity contribution >= 4 is 23.4 Å². The molecule has 3 amide bonds. The number of fused-ring (bicyclic) bond motifs is 1. The van der Waals surface area contributed by atoms with Crippen molar-refractivity contribution < 1.29 is 28.6 Å². The number of carbonyl (C=O) groups is 3. The molecule has 1 saturated heterocycles. The molecule has 2 aromatic carbocycles. The molecule has 1 atom stereocenters. The Balaban J connectivity index is 1.42. The van der Waals surface area contributed by atoms with Crippen molar-refractivity contribution in [1.82, 2.24) is 15.1 Å². The number of aliphatic hydroxyl groups excluding tert-OH is 1. The summed E-state index contributed by atoms with van der Waals surface area (Å²) in [5.74, 6) is -2.85. The Kier molecular flexibility index (Phi) is 7.74. The predicted molar refractivity (Wildman–Crippen MR) is 126 cm³/mol.